The minimum Gasteiger partial charge on any atom is -0.369 e. The zero-order valence-corrected chi connectivity index (χ0v) is 16.1. The molecule has 2 N–H and O–H groups in total. The second kappa shape index (κ2) is 7.10. The van der Waals surface area contributed by atoms with Crippen molar-refractivity contribution in [3.63, 3.8) is 0 Å². The number of hydrogen-bond acceptors (Lipinski definition) is 5. The maximum Gasteiger partial charge on any atom is 0.261 e. The normalized spacial score (nSPS) is 21.4. The van der Waals surface area contributed by atoms with E-state index in [1.807, 2.05) is 25.3 Å². The molecule has 2 aliphatic heterocycles. The molecule has 1 unspecified atom stereocenters. The SMILES string of the molecule is Cc1ccc(CNC(=O)c2cc3c(s2)C2(CCNCC2)OCC3C)nc1. The Kier molecular flexibility index (Phi) is 4.82. The number of carbonyl (C=O) groups is 1. The molecule has 1 atom stereocenters. The third-order valence-corrected chi connectivity index (χ3v) is 6.69. The van der Waals surface area contributed by atoms with E-state index in [-0.39, 0.29) is 11.5 Å². The number of carbonyl (C=O) groups excluding carboxylic acids is 1. The molecule has 5 nitrogen and oxygen atoms in total. The minimum absolute atomic E-state index is 0.0249. The fourth-order valence-electron chi connectivity index (χ4n) is 3.74. The topological polar surface area (TPSA) is 63.2 Å². The lowest BCUT2D eigenvalue weighted by atomic mass is 9.83. The molecule has 0 radical (unpaired) electrons. The first-order chi connectivity index (χ1) is 12.6. The van der Waals surface area contributed by atoms with E-state index in [0.29, 0.717) is 12.5 Å². The van der Waals surface area contributed by atoms with Crippen molar-refractivity contribution in [3.05, 3.63) is 51.0 Å². The minimum atomic E-state index is -0.200. The molecular formula is C20H25N3O2S. The fourth-order valence-corrected chi connectivity index (χ4v) is 5.14. The van der Waals surface area contributed by atoms with Gasteiger partial charge in [-0.3, -0.25) is 9.78 Å². The van der Waals surface area contributed by atoms with Crippen molar-refractivity contribution >= 4 is 17.2 Å². The van der Waals surface area contributed by atoms with Crippen LogP contribution in [0.4, 0.5) is 0 Å². The standard InChI is InChI=1S/C20H25N3O2S/c1-13-3-4-15(22-10-13)11-23-19(24)17-9-16-14(2)12-25-20(18(16)26-17)5-7-21-8-6-20/h3-4,9-10,14,21H,5-8,11-12H2,1-2H3,(H,23,24). The van der Waals surface area contributed by atoms with Crippen LogP contribution in [0.2, 0.25) is 0 Å². The van der Waals surface area contributed by atoms with Gasteiger partial charge < -0.3 is 15.4 Å². The van der Waals surface area contributed by atoms with E-state index in [2.05, 4.69) is 28.6 Å². The Hall–Kier alpha value is -1.76. The maximum atomic E-state index is 12.7. The first-order valence-electron chi connectivity index (χ1n) is 9.26. The number of aromatic nitrogens is 1. The predicted octanol–water partition coefficient (Wildman–Crippen LogP) is 3.09. The van der Waals surface area contributed by atoms with Gasteiger partial charge in [0.1, 0.15) is 5.60 Å². The van der Waals surface area contributed by atoms with Crippen LogP contribution in [-0.2, 0) is 16.9 Å². The van der Waals surface area contributed by atoms with Gasteiger partial charge in [-0.05, 0) is 56.1 Å². The largest absolute Gasteiger partial charge is 0.369 e. The van der Waals surface area contributed by atoms with Crippen molar-refractivity contribution in [2.45, 2.75) is 44.8 Å². The Balaban J connectivity index is 1.53. The highest BCUT2D eigenvalue weighted by Gasteiger charge is 2.43. The number of amides is 1. The highest BCUT2D eigenvalue weighted by Crippen LogP contribution is 2.47. The first kappa shape index (κ1) is 17.6. The Morgan fingerprint density at radius 3 is 2.96 bits per heavy atom. The number of rotatable bonds is 3. The molecule has 1 spiro atoms. The molecule has 26 heavy (non-hydrogen) atoms. The summed E-state index contributed by atoms with van der Waals surface area (Å²) in [6, 6.07) is 6.04. The van der Waals surface area contributed by atoms with Gasteiger partial charge in [0.25, 0.3) is 5.91 Å². The molecular weight excluding hydrogens is 346 g/mol. The lowest BCUT2D eigenvalue weighted by Crippen LogP contribution is -2.44. The highest BCUT2D eigenvalue weighted by molar-refractivity contribution is 7.14. The molecule has 1 fully saturated rings. The van der Waals surface area contributed by atoms with Gasteiger partial charge >= 0.3 is 0 Å². The van der Waals surface area contributed by atoms with Gasteiger partial charge in [-0.1, -0.05) is 13.0 Å². The molecule has 4 heterocycles. The lowest BCUT2D eigenvalue weighted by molar-refractivity contribution is -0.0842. The van der Waals surface area contributed by atoms with Crippen LogP contribution < -0.4 is 10.6 Å². The van der Waals surface area contributed by atoms with E-state index < -0.39 is 0 Å². The summed E-state index contributed by atoms with van der Waals surface area (Å²) in [5.74, 6) is 0.310. The lowest BCUT2D eigenvalue weighted by Gasteiger charge is -2.42. The second-order valence-electron chi connectivity index (χ2n) is 7.36. The van der Waals surface area contributed by atoms with Crippen molar-refractivity contribution in [2.75, 3.05) is 19.7 Å². The molecule has 4 rings (SSSR count). The molecule has 1 amide bonds. The fraction of sp³-hybridized carbons (Fsp3) is 0.500. The summed E-state index contributed by atoms with van der Waals surface area (Å²) >= 11 is 1.60. The van der Waals surface area contributed by atoms with E-state index in [9.17, 15) is 4.79 Å². The van der Waals surface area contributed by atoms with Gasteiger partial charge in [0, 0.05) is 17.0 Å². The van der Waals surface area contributed by atoms with E-state index in [1.54, 1.807) is 11.3 Å². The number of aryl methyl sites for hydroxylation is 1. The molecule has 2 aromatic rings. The summed E-state index contributed by atoms with van der Waals surface area (Å²) in [6.07, 6.45) is 3.77. The number of thiophene rings is 1. The molecule has 2 aromatic heterocycles. The van der Waals surface area contributed by atoms with E-state index in [4.69, 9.17) is 4.74 Å². The zero-order valence-electron chi connectivity index (χ0n) is 15.3. The summed E-state index contributed by atoms with van der Waals surface area (Å²) in [5.41, 5.74) is 3.08. The number of fused-ring (bicyclic) bond motifs is 2. The molecule has 0 aliphatic carbocycles. The van der Waals surface area contributed by atoms with Crippen LogP contribution >= 0.6 is 11.3 Å². The molecule has 1 saturated heterocycles. The van der Waals surface area contributed by atoms with Gasteiger partial charge in [0.2, 0.25) is 0 Å². The van der Waals surface area contributed by atoms with Crippen molar-refractivity contribution < 1.29 is 9.53 Å². The summed E-state index contributed by atoms with van der Waals surface area (Å²) in [5, 5.41) is 6.41. The molecule has 6 heteroatoms. The van der Waals surface area contributed by atoms with Crippen LogP contribution in [0, 0.1) is 6.92 Å². The van der Waals surface area contributed by atoms with Gasteiger partial charge in [-0.2, -0.15) is 0 Å². The van der Waals surface area contributed by atoms with Crippen molar-refractivity contribution in [1.82, 2.24) is 15.6 Å². The van der Waals surface area contributed by atoms with Crippen LogP contribution in [0.15, 0.2) is 24.4 Å². The van der Waals surface area contributed by atoms with Gasteiger partial charge in [-0.15, -0.1) is 11.3 Å². The summed E-state index contributed by atoms with van der Waals surface area (Å²) in [4.78, 5) is 19.1. The average molecular weight is 372 g/mol. The molecule has 0 aromatic carbocycles. The molecule has 0 saturated carbocycles. The highest BCUT2D eigenvalue weighted by atomic mass is 32.1. The number of nitrogens with one attached hydrogen (secondary N) is 2. The van der Waals surface area contributed by atoms with E-state index >= 15 is 0 Å². The Bertz CT molecular complexity index is 794. The van der Waals surface area contributed by atoms with Gasteiger partial charge in [0.05, 0.1) is 23.7 Å². The van der Waals surface area contributed by atoms with Crippen LogP contribution in [-0.4, -0.2) is 30.6 Å². The Labute approximate surface area is 158 Å². The zero-order chi connectivity index (χ0) is 18.1. The van der Waals surface area contributed by atoms with Crippen LogP contribution in [0.1, 0.15) is 57.1 Å². The van der Waals surface area contributed by atoms with Gasteiger partial charge in [-0.25, -0.2) is 0 Å². The third-order valence-electron chi connectivity index (χ3n) is 5.35. The summed E-state index contributed by atoms with van der Waals surface area (Å²) in [7, 11) is 0. The third kappa shape index (κ3) is 3.29. The average Bonchev–Trinajstić information content (AvgIpc) is 3.13. The first-order valence-corrected chi connectivity index (χ1v) is 10.1. The number of piperidine rings is 1. The monoisotopic (exact) mass is 371 g/mol. The number of pyridine rings is 1. The number of hydrogen-bond donors (Lipinski definition) is 2. The van der Waals surface area contributed by atoms with Crippen LogP contribution in [0.25, 0.3) is 0 Å². The van der Waals surface area contributed by atoms with Crippen molar-refractivity contribution in [3.8, 4) is 0 Å². The van der Waals surface area contributed by atoms with Crippen molar-refractivity contribution in [2.24, 2.45) is 0 Å². The van der Waals surface area contributed by atoms with Crippen LogP contribution in [0.3, 0.4) is 0 Å². The Morgan fingerprint density at radius 1 is 1.42 bits per heavy atom. The number of nitrogens with zero attached hydrogens (tertiary/aromatic N) is 1. The summed E-state index contributed by atoms with van der Waals surface area (Å²) in [6.45, 7) is 7.29. The maximum absolute atomic E-state index is 12.7. The predicted molar refractivity (Wildman–Crippen MR) is 103 cm³/mol. The van der Waals surface area contributed by atoms with Crippen LogP contribution in [0.5, 0.6) is 0 Å². The van der Waals surface area contributed by atoms with E-state index in [0.717, 1.165) is 48.7 Å². The smallest absolute Gasteiger partial charge is 0.261 e. The number of ether oxygens (including phenoxy) is 1. The molecule has 2 aliphatic rings. The summed E-state index contributed by atoms with van der Waals surface area (Å²) < 4.78 is 6.31. The molecule has 138 valence electrons. The van der Waals surface area contributed by atoms with E-state index in [1.165, 1.54) is 10.4 Å². The van der Waals surface area contributed by atoms with Gasteiger partial charge in [0.15, 0.2) is 0 Å². The van der Waals surface area contributed by atoms with Crippen molar-refractivity contribution in [1.29, 1.82) is 0 Å². The quantitative estimate of drug-likeness (QED) is 0.870. The second-order valence-corrected chi connectivity index (χ2v) is 8.41. The Morgan fingerprint density at radius 2 is 2.23 bits per heavy atom. The molecule has 0 bridgehead atoms.